The fraction of sp³-hybridized carbons (Fsp3) is 0.588. The normalized spacial score (nSPS) is 24.5. The Morgan fingerprint density at radius 1 is 1.48 bits per heavy atom. The van der Waals surface area contributed by atoms with Gasteiger partial charge in [0, 0.05) is 38.1 Å². The van der Waals surface area contributed by atoms with Crippen molar-refractivity contribution in [3.05, 3.63) is 24.3 Å². The predicted molar refractivity (Wildman–Crippen MR) is 89.0 cm³/mol. The van der Waals surface area contributed by atoms with E-state index in [-0.39, 0.29) is 18.0 Å². The number of nitrogens with zero attached hydrogens (tertiary/aromatic N) is 1. The summed E-state index contributed by atoms with van der Waals surface area (Å²) in [6, 6.07) is 8.34. The number of hydrogen-bond acceptors (Lipinski definition) is 5. The number of carbonyl (C=O) groups excluding carboxylic acids is 1. The molecule has 23 heavy (non-hydrogen) atoms. The lowest BCUT2D eigenvalue weighted by atomic mass is 10.1. The van der Waals surface area contributed by atoms with E-state index in [1.54, 1.807) is 7.11 Å². The average Bonchev–Trinajstić information content (AvgIpc) is 3.03. The second-order valence-electron chi connectivity index (χ2n) is 6.10. The summed E-state index contributed by atoms with van der Waals surface area (Å²) < 4.78 is 10.8. The van der Waals surface area contributed by atoms with Crippen LogP contribution >= 0.6 is 0 Å². The first-order valence-corrected chi connectivity index (χ1v) is 8.24. The van der Waals surface area contributed by atoms with Gasteiger partial charge in [-0.1, -0.05) is 12.1 Å². The Morgan fingerprint density at radius 3 is 3.13 bits per heavy atom. The SMILES string of the molecule is COc1ccccc1N1CCC(NC(=O)CC2COCCN2)C1. The molecular formula is C17H25N3O3. The maximum absolute atomic E-state index is 12.2. The van der Waals surface area contributed by atoms with E-state index in [1.165, 1.54) is 0 Å². The standard InChI is InChI=1S/C17H25N3O3/c1-22-16-5-3-2-4-15(16)20-8-6-13(11-20)19-17(21)10-14-12-23-9-7-18-14/h2-5,13-14,18H,6-12H2,1H3,(H,19,21). The Kier molecular flexibility index (Phi) is 5.35. The zero-order chi connectivity index (χ0) is 16.1. The third-order valence-electron chi connectivity index (χ3n) is 4.41. The number of hydrogen-bond donors (Lipinski definition) is 2. The third kappa shape index (κ3) is 4.14. The summed E-state index contributed by atoms with van der Waals surface area (Å²) >= 11 is 0. The van der Waals surface area contributed by atoms with Crippen molar-refractivity contribution in [1.29, 1.82) is 0 Å². The Bertz CT molecular complexity index is 532. The first-order valence-electron chi connectivity index (χ1n) is 8.24. The highest BCUT2D eigenvalue weighted by Crippen LogP contribution is 2.30. The second-order valence-corrected chi connectivity index (χ2v) is 6.10. The molecule has 2 fully saturated rings. The minimum Gasteiger partial charge on any atom is -0.495 e. The van der Waals surface area contributed by atoms with Crippen molar-refractivity contribution in [3.63, 3.8) is 0 Å². The molecule has 0 saturated carbocycles. The van der Waals surface area contributed by atoms with Gasteiger partial charge in [0.1, 0.15) is 5.75 Å². The van der Waals surface area contributed by atoms with Gasteiger partial charge in [-0.2, -0.15) is 0 Å². The van der Waals surface area contributed by atoms with Gasteiger partial charge in [-0.25, -0.2) is 0 Å². The van der Waals surface area contributed by atoms with Crippen LogP contribution in [-0.4, -0.2) is 57.9 Å². The van der Waals surface area contributed by atoms with Crippen LogP contribution in [0.5, 0.6) is 5.75 Å². The molecule has 0 radical (unpaired) electrons. The van der Waals surface area contributed by atoms with E-state index >= 15 is 0 Å². The Hall–Kier alpha value is -1.79. The molecule has 2 aliphatic rings. The molecule has 0 aliphatic carbocycles. The van der Waals surface area contributed by atoms with Gasteiger partial charge in [-0.05, 0) is 18.6 Å². The largest absolute Gasteiger partial charge is 0.495 e. The molecule has 2 heterocycles. The molecular weight excluding hydrogens is 294 g/mol. The van der Waals surface area contributed by atoms with Gasteiger partial charge in [0.2, 0.25) is 5.91 Å². The van der Waals surface area contributed by atoms with Crippen molar-refractivity contribution in [3.8, 4) is 5.75 Å². The first-order chi connectivity index (χ1) is 11.3. The van der Waals surface area contributed by atoms with Crippen LogP contribution in [0, 0.1) is 0 Å². The predicted octanol–water partition coefficient (Wildman–Crippen LogP) is 0.769. The fourth-order valence-corrected chi connectivity index (χ4v) is 3.25. The topological polar surface area (TPSA) is 62.8 Å². The van der Waals surface area contributed by atoms with Gasteiger partial charge in [0.05, 0.1) is 26.0 Å². The lowest BCUT2D eigenvalue weighted by Gasteiger charge is -2.24. The summed E-state index contributed by atoms with van der Waals surface area (Å²) in [6.45, 7) is 3.92. The summed E-state index contributed by atoms with van der Waals surface area (Å²) in [5.41, 5.74) is 1.09. The maximum Gasteiger partial charge on any atom is 0.221 e. The molecule has 1 aromatic rings. The van der Waals surface area contributed by atoms with Crippen LogP contribution in [0.25, 0.3) is 0 Å². The minimum atomic E-state index is 0.0971. The van der Waals surface area contributed by atoms with Gasteiger partial charge in [0.25, 0.3) is 0 Å². The number of nitrogens with one attached hydrogen (secondary N) is 2. The van der Waals surface area contributed by atoms with Crippen LogP contribution in [0.3, 0.4) is 0 Å². The van der Waals surface area contributed by atoms with E-state index in [4.69, 9.17) is 9.47 Å². The zero-order valence-corrected chi connectivity index (χ0v) is 13.6. The molecule has 2 atom stereocenters. The van der Waals surface area contributed by atoms with Crippen LogP contribution in [-0.2, 0) is 9.53 Å². The van der Waals surface area contributed by atoms with Crippen molar-refractivity contribution in [1.82, 2.24) is 10.6 Å². The van der Waals surface area contributed by atoms with Crippen LogP contribution in [0.2, 0.25) is 0 Å². The van der Waals surface area contributed by atoms with Crippen LogP contribution in [0.1, 0.15) is 12.8 Å². The average molecular weight is 319 g/mol. The molecule has 1 aromatic carbocycles. The zero-order valence-electron chi connectivity index (χ0n) is 13.6. The molecule has 6 heteroatoms. The van der Waals surface area contributed by atoms with E-state index in [2.05, 4.69) is 21.6 Å². The highest BCUT2D eigenvalue weighted by Gasteiger charge is 2.26. The number of amides is 1. The highest BCUT2D eigenvalue weighted by atomic mass is 16.5. The summed E-state index contributed by atoms with van der Waals surface area (Å²) in [6.07, 6.45) is 1.43. The molecule has 1 amide bonds. The Balaban J connectivity index is 1.50. The monoisotopic (exact) mass is 319 g/mol. The van der Waals surface area contributed by atoms with Gasteiger partial charge >= 0.3 is 0 Å². The number of rotatable bonds is 5. The van der Waals surface area contributed by atoms with Gasteiger partial charge < -0.3 is 25.0 Å². The second kappa shape index (κ2) is 7.66. The lowest BCUT2D eigenvalue weighted by molar-refractivity contribution is -0.122. The smallest absolute Gasteiger partial charge is 0.221 e. The van der Waals surface area contributed by atoms with Gasteiger partial charge in [0.15, 0.2) is 0 Å². The molecule has 2 aliphatic heterocycles. The number of morpholine rings is 1. The molecule has 2 unspecified atom stereocenters. The molecule has 0 bridgehead atoms. The molecule has 3 rings (SSSR count). The number of para-hydroxylation sites is 2. The van der Waals surface area contributed by atoms with Gasteiger partial charge in [-0.3, -0.25) is 4.79 Å². The van der Waals surface area contributed by atoms with Crippen LogP contribution < -0.4 is 20.3 Å². The first kappa shape index (κ1) is 16.1. The van der Waals surface area contributed by atoms with Crippen LogP contribution in [0.4, 0.5) is 5.69 Å². The summed E-state index contributed by atoms with van der Waals surface area (Å²) in [7, 11) is 1.69. The highest BCUT2D eigenvalue weighted by molar-refractivity contribution is 5.77. The van der Waals surface area contributed by atoms with Crippen molar-refractivity contribution in [2.45, 2.75) is 24.9 Å². The third-order valence-corrected chi connectivity index (χ3v) is 4.41. The summed E-state index contributed by atoms with van der Waals surface area (Å²) in [4.78, 5) is 14.5. The number of benzene rings is 1. The minimum absolute atomic E-state index is 0.0971. The van der Waals surface area contributed by atoms with Crippen molar-refractivity contribution in [2.24, 2.45) is 0 Å². The van der Waals surface area contributed by atoms with E-state index in [9.17, 15) is 4.79 Å². The number of methoxy groups -OCH3 is 1. The van der Waals surface area contributed by atoms with Crippen molar-refractivity contribution in [2.75, 3.05) is 44.9 Å². The molecule has 0 aromatic heterocycles. The molecule has 2 saturated heterocycles. The number of ether oxygens (including phenoxy) is 2. The Morgan fingerprint density at radius 2 is 2.35 bits per heavy atom. The fourth-order valence-electron chi connectivity index (χ4n) is 3.25. The van der Waals surface area contributed by atoms with E-state index < -0.39 is 0 Å². The van der Waals surface area contributed by atoms with E-state index in [0.29, 0.717) is 13.0 Å². The maximum atomic E-state index is 12.2. The number of anilines is 1. The van der Waals surface area contributed by atoms with Crippen molar-refractivity contribution >= 4 is 11.6 Å². The molecule has 126 valence electrons. The van der Waals surface area contributed by atoms with Crippen LogP contribution in [0.15, 0.2) is 24.3 Å². The summed E-state index contributed by atoms with van der Waals surface area (Å²) in [5, 5.41) is 6.46. The van der Waals surface area contributed by atoms with Gasteiger partial charge in [-0.15, -0.1) is 0 Å². The number of carbonyl (C=O) groups is 1. The lowest BCUT2D eigenvalue weighted by Crippen LogP contribution is -2.46. The van der Waals surface area contributed by atoms with Crippen molar-refractivity contribution < 1.29 is 14.3 Å². The Labute approximate surface area is 137 Å². The summed E-state index contributed by atoms with van der Waals surface area (Å²) in [5.74, 6) is 0.975. The quantitative estimate of drug-likeness (QED) is 0.839. The molecule has 0 spiro atoms. The molecule has 2 N–H and O–H groups in total. The van der Waals surface area contributed by atoms with E-state index in [1.807, 2.05) is 18.2 Å². The molecule has 6 nitrogen and oxygen atoms in total. The van der Waals surface area contributed by atoms with E-state index in [0.717, 1.165) is 44.1 Å².